The number of amides is 1. The van der Waals surface area contributed by atoms with Crippen LogP contribution in [0.15, 0.2) is 77.8 Å². The minimum Gasteiger partial charge on any atom is -0.355 e. The number of rotatable bonds is 8. The van der Waals surface area contributed by atoms with Crippen molar-refractivity contribution in [3.05, 3.63) is 89.5 Å². The zero-order chi connectivity index (χ0) is 25.5. The number of aliphatic imine (C=N–C) groups is 1. The fraction of sp³-hybridized carbons (Fsp3) is 0.300. The Kier molecular flexibility index (Phi) is 7.78. The summed E-state index contributed by atoms with van der Waals surface area (Å²) >= 11 is 0. The molecule has 1 aliphatic carbocycles. The van der Waals surface area contributed by atoms with Gasteiger partial charge in [0.15, 0.2) is 0 Å². The van der Waals surface area contributed by atoms with Crippen molar-refractivity contribution in [1.82, 2.24) is 15.5 Å². The molecule has 0 radical (unpaired) electrons. The number of hydrogen-bond acceptors (Lipinski definition) is 4. The van der Waals surface area contributed by atoms with Gasteiger partial charge in [0.25, 0.3) is 0 Å². The molecule has 1 atom stereocenters. The summed E-state index contributed by atoms with van der Waals surface area (Å²) in [7, 11) is 0. The van der Waals surface area contributed by atoms with Crippen molar-refractivity contribution in [1.29, 1.82) is 5.26 Å². The van der Waals surface area contributed by atoms with Crippen LogP contribution in [0, 0.1) is 11.5 Å². The van der Waals surface area contributed by atoms with E-state index in [2.05, 4.69) is 62.2 Å². The van der Waals surface area contributed by atoms with Crippen LogP contribution < -0.4 is 16.0 Å². The van der Waals surface area contributed by atoms with E-state index in [1.165, 1.54) is 35.1 Å². The Morgan fingerprint density at radius 1 is 0.973 bits per heavy atom. The van der Waals surface area contributed by atoms with E-state index in [-0.39, 0.29) is 18.4 Å². The lowest BCUT2D eigenvalue weighted by atomic mass is 10.0. The molecule has 3 aromatic rings. The molecule has 37 heavy (non-hydrogen) atoms. The first kappa shape index (κ1) is 24.5. The van der Waals surface area contributed by atoms with Crippen molar-refractivity contribution in [2.45, 2.75) is 31.7 Å². The highest BCUT2D eigenvalue weighted by atomic mass is 16.1. The molecule has 188 valence electrons. The predicted molar refractivity (Wildman–Crippen MR) is 147 cm³/mol. The second-order valence-corrected chi connectivity index (χ2v) is 9.60. The number of carbonyl (C=O) groups excluding carboxylic acids is 1. The lowest BCUT2D eigenvalue weighted by Gasteiger charge is -2.22. The molecular weight excluding hydrogens is 460 g/mol. The summed E-state index contributed by atoms with van der Waals surface area (Å²) < 4.78 is 0. The third-order valence-electron chi connectivity index (χ3n) is 7.07. The monoisotopic (exact) mass is 492 g/mol. The van der Waals surface area contributed by atoms with E-state index in [1.54, 1.807) is 0 Å². The van der Waals surface area contributed by atoms with E-state index in [0.717, 1.165) is 37.3 Å². The van der Waals surface area contributed by atoms with Crippen LogP contribution >= 0.6 is 0 Å². The summed E-state index contributed by atoms with van der Waals surface area (Å²) in [5.41, 5.74) is 6.86. The lowest BCUT2D eigenvalue weighted by molar-refractivity contribution is -0.121. The first-order valence-electron chi connectivity index (χ1n) is 12.9. The molecule has 7 heteroatoms. The van der Waals surface area contributed by atoms with Gasteiger partial charge in [0.2, 0.25) is 18.1 Å². The van der Waals surface area contributed by atoms with Gasteiger partial charge in [-0.15, -0.1) is 4.99 Å². The van der Waals surface area contributed by atoms with Crippen molar-refractivity contribution < 1.29 is 4.79 Å². The molecule has 1 heterocycles. The molecule has 0 bridgehead atoms. The van der Waals surface area contributed by atoms with Gasteiger partial charge < -0.3 is 20.9 Å². The third-order valence-corrected chi connectivity index (χ3v) is 7.07. The fourth-order valence-electron chi connectivity index (χ4n) is 5.23. The molecule has 2 aliphatic rings. The van der Waals surface area contributed by atoms with Crippen molar-refractivity contribution in [3.8, 4) is 17.3 Å². The van der Waals surface area contributed by atoms with E-state index in [1.807, 2.05) is 42.6 Å². The van der Waals surface area contributed by atoms with Crippen molar-refractivity contribution in [3.63, 3.8) is 0 Å². The molecule has 0 spiro atoms. The summed E-state index contributed by atoms with van der Waals surface area (Å²) in [5, 5.41) is 19.0. The van der Waals surface area contributed by atoms with E-state index < -0.39 is 0 Å². The highest BCUT2D eigenvalue weighted by molar-refractivity contribution is 5.95. The van der Waals surface area contributed by atoms with E-state index >= 15 is 0 Å². The smallest absolute Gasteiger partial charge is 0.222 e. The molecule has 3 aromatic carbocycles. The number of anilines is 1. The predicted octanol–water partition coefficient (Wildman–Crippen LogP) is 4.44. The van der Waals surface area contributed by atoms with Crippen molar-refractivity contribution in [2.75, 3.05) is 31.5 Å². The van der Waals surface area contributed by atoms with Crippen LogP contribution in [0.3, 0.4) is 0 Å². The quantitative estimate of drug-likeness (QED) is 0.192. The van der Waals surface area contributed by atoms with Crippen LogP contribution in [0.1, 0.15) is 42.0 Å². The summed E-state index contributed by atoms with van der Waals surface area (Å²) in [5.74, 6) is 0.281. The van der Waals surface area contributed by atoms with Crippen LogP contribution in [-0.2, 0) is 11.2 Å². The van der Waals surface area contributed by atoms with Crippen LogP contribution in [0.2, 0.25) is 0 Å². The average Bonchev–Trinajstić information content (AvgIpc) is 3.56. The van der Waals surface area contributed by atoms with E-state index in [4.69, 9.17) is 0 Å². The average molecular weight is 493 g/mol. The Bertz CT molecular complexity index is 1310. The number of benzene rings is 3. The minimum absolute atomic E-state index is 0.0350. The van der Waals surface area contributed by atoms with Gasteiger partial charge in [-0.3, -0.25) is 4.79 Å². The standard InChI is InChI=1S/C30H32N6O/c31-21-33-30(34-25-12-13-27-24(19-25)18-23-10-4-5-11-26(23)27)35-28(22-8-2-1-3-9-22)20-29(37)32-14-17-36-15-6-7-16-36/h1-5,8-13,19,28H,6-7,14-18,20H2,(H,32,37)(H2,33,34,35). The SMILES string of the molecule is N#C/N=C(\Nc1ccc2c(c1)Cc1ccccc1-2)NC(CC(=O)NCCN1CCCC1)c1ccccc1. The second kappa shape index (κ2) is 11.7. The maximum atomic E-state index is 12.8. The zero-order valence-corrected chi connectivity index (χ0v) is 20.9. The van der Waals surface area contributed by atoms with Gasteiger partial charge in [0.05, 0.1) is 12.5 Å². The van der Waals surface area contributed by atoms with Crippen molar-refractivity contribution in [2.24, 2.45) is 4.99 Å². The maximum Gasteiger partial charge on any atom is 0.222 e. The molecule has 1 unspecified atom stereocenters. The largest absolute Gasteiger partial charge is 0.355 e. The second-order valence-electron chi connectivity index (χ2n) is 9.60. The zero-order valence-electron chi connectivity index (χ0n) is 20.9. The van der Waals surface area contributed by atoms with E-state index in [9.17, 15) is 10.1 Å². The van der Waals surface area contributed by atoms with Gasteiger partial charge >= 0.3 is 0 Å². The molecule has 0 saturated carbocycles. The van der Waals surface area contributed by atoms with E-state index in [0.29, 0.717) is 12.5 Å². The molecule has 3 N–H and O–H groups in total. The maximum absolute atomic E-state index is 12.8. The number of carbonyl (C=O) groups is 1. The van der Waals surface area contributed by atoms with Gasteiger partial charge in [-0.25, -0.2) is 0 Å². The van der Waals surface area contributed by atoms with Crippen LogP contribution in [0.5, 0.6) is 0 Å². The molecule has 1 amide bonds. The number of guanidine groups is 1. The molecule has 1 saturated heterocycles. The van der Waals surface area contributed by atoms with Gasteiger partial charge in [0.1, 0.15) is 0 Å². The number of nitrogens with zero attached hydrogens (tertiary/aromatic N) is 3. The summed E-state index contributed by atoms with van der Waals surface area (Å²) in [4.78, 5) is 19.2. The summed E-state index contributed by atoms with van der Waals surface area (Å²) in [6.07, 6.45) is 5.47. The van der Waals surface area contributed by atoms with Crippen LogP contribution in [-0.4, -0.2) is 42.9 Å². The van der Waals surface area contributed by atoms with Gasteiger partial charge in [0, 0.05) is 18.8 Å². The molecule has 0 aromatic heterocycles. The van der Waals surface area contributed by atoms with Gasteiger partial charge in [-0.1, -0.05) is 60.7 Å². The Labute approximate surface area is 218 Å². The molecule has 1 fully saturated rings. The normalized spacial score (nSPS) is 15.4. The number of nitriles is 1. The molecule has 5 rings (SSSR count). The Balaban J connectivity index is 1.26. The highest BCUT2D eigenvalue weighted by Crippen LogP contribution is 2.37. The first-order chi connectivity index (χ1) is 18.2. The Hall–Kier alpha value is -4.15. The van der Waals surface area contributed by atoms with Gasteiger partial charge in [-0.2, -0.15) is 5.26 Å². The van der Waals surface area contributed by atoms with Crippen molar-refractivity contribution >= 4 is 17.6 Å². The summed E-state index contributed by atoms with van der Waals surface area (Å²) in [6, 6.07) is 24.1. The van der Waals surface area contributed by atoms with Crippen LogP contribution in [0.25, 0.3) is 11.1 Å². The van der Waals surface area contributed by atoms with Gasteiger partial charge in [-0.05, 0) is 72.3 Å². The molecule has 1 aliphatic heterocycles. The number of nitrogens with one attached hydrogen (secondary N) is 3. The lowest BCUT2D eigenvalue weighted by Crippen LogP contribution is -2.39. The minimum atomic E-state index is -0.341. The number of likely N-dealkylation sites (tertiary alicyclic amines) is 1. The highest BCUT2D eigenvalue weighted by Gasteiger charge is 2.21. The number of fused-ring (bicyclic) bond motifs is 3. The third kappa shape index (κ3) is 6.16. The molecular formula is C30H32N6O. The molecule has 7 nitrogen and oxygen atoms in total. The Morgan fingerprint density at radius 3 is 2.54 bits per heavy atom. The topological polar surface area (TPSA) is 92.5 Å². The Morgan fingerprint density at radius 2 is 1.73 bits per heavy atom. The first-order valence-corrected chi connectivity index (χ1v) is 12.9. The van der Waals surface area contributed by atoms with Crippen LogP contribution in [0.4, 0.5) is 5.69 Å². The fourth-order valence-corrected chi connectivity index (χ4v) is 5.23. The summed E-state index contributed by atoms with van der Waals surface area (Å²) in [6.45, 7) is 3.73. The number of hydrogen-bond donors (Lipinski definition) is 3.